The first-order valence-corrected chi connectivity index (χ1v) is 3.45. The van der Waals surface area contributed by atoms with Gasteiger partial charge in [-0.1, -0.05) is 0 Å². The number of rotatable bonds is 2. The van der Waals surface area contributed by atoms with Crippen LogP contribution in [0.5, 0.6) is 0 Å². The molecule has 12 heavy (non-hydrogen) atoms. The minimum absolute atomic E-state index is 0. The fourth-order valence-corrected chi connectivity index (χ4v) is 0.381. The molecule has 0 saturated heterocycles. The van der Waals surface area contributed by atoms with Crippen molar-refractivity contribution in [1.29, 1.82) is 0 Å². The first-order chi connectivity index (χ1) is 4.48. The molecule has 0 aliphatic heterocycles. The first-order valence-electron chi connectivity index (χ1n) is 3.45. The van der Waals surface area contributed by atoms with Crippen LogP contribution in [0.1, 0.15) is 27.2 Å². The molecule has 4 heteroatoms. The zero-order valence-electron chi connectivity index (χ0n) is 8.02. The molecule has 2 nitrogen and oxygen atoms in total. The standard InChI is InChI=1S/C8H15O2.HI.Zn/c1-5-6-10-7(9)8(2,3)4;;/h1,5-6H2,2-4H3;1H;/p-1. The maximum Gasteiger partial charge on any atom is 0.311 e. The number of hydrogen-bond donors (Lipinski definition) is 0. The summed E-state index contributed by atoms with van der Waals surface area (Å²) in [6.45, 7) is 9.48. The summed E-state index contributed by atoms with van der Waals surface area (Å²) in [6.07, 6.45) is 0.641. The van der Waals surface area contributed by atoms with Gasteiger partial charge in [0.15, 0.2) is 0 Å². The van der Waals surface area contributed by atoms with E-state index in [1.807, 2.05) is 20.8 Å². The molecule has 1 radical (unpaired) electrons. The fourth-order valence-electron chi connectivity index (χ4n) is 0.381. The van der Waals surface area contributed by atoms with E-state index in [9.17, 15) is 4.79 Å². The molecule has 0 bridgehead atoms. The zero-order chi connectivity index (χ0) is 8.20. The van der Waals surface area contributed by atoms with Gasteiger partial charge in [0.05, 0.1) is 12.0 Å². The van der Waals surface area contributed by atoms with Crippen molar-refractivity contribution < 1.29 is 53.0 Å². The number of hydrogen-bond acceptors (Lipinski definition) is 2. The first kappa shape index (κ1) is 18.6. The average Bonchev–Trinajstić information content (AvgIpc) is 1.80. The van der Waals surface area contributed by atoms with Crippen LogP contribution < -0.4 is 24.0 Å². The summed E-state index contributed by atoms with van der Waals surface area (Å²) in [6, 6.07) is 0. The Morgan fingerprint density at radius 3 is 2.08 bits per heavy atom. The second kappa shape index (κ2) is 8.42. The Kier molecular flexibility index (Phi) is 13.0. The molecule has 0 atom stereocenters. The molecular weight excluding hydrogens is 320 g/mol. The van der Waals surface area contributed by atoms with E-state index in [-0.39, 0.29) is 54.8 Å². The van der Waals surface area contributed by atoms with Gasteiger partial charge in [-0.2, -0.15) is 0 Å². The van der Waals surface area contributed by atoms with Crippen LogP contribution in [0.4, 0.5) is 0 Å². The molecule has 0 unspecified atom stereocenters. The predicted molar refractivity (Wildman–Crippen MR) is 40.4 cm³/mol. The topological polar surface area (TPSA) is 26.3 Å². The average molecular weight is 335 g/mol. The molecule has 0 aliphatic rings. The third kappa shape index (κ3) is 8.92. The predicted octanol–water partition coefficient (Wildman–Crippen LogP) is -1.20. The van der Waals surface area contributed by atoms with Crippen LogP contribution in [0.25, 0.3) is 0 Å². The molecule has 0 aromatic rings. The van der Waals surface area contributed by atoms with Gasteiger partial charge < -0.3 is 28.7 Å². The maximum absolute atomic E-state index is 11.0. The van der Waals surface area contributed by atoms with Crippen molar-refractivity contribution >= 4 is 5.97 Å². The Morgan fingerprint density at radius 1 is 1.42 bits per heavy atom. The molecule has 0 fully saturated rings. The Bertz CT molecular complexity index is 121. The summed E-state index contributed by atoms with van der Waals surface area (Å²) in [5, 5.41) is 0. The van der Waals surface area contributed by atoms with Crippen LogP contribution in [0, 0.1) is 12.3 Å². The monoisotopic (exact) mass is 334 g/mol. The van der Waals surface area contributed by atoms with Crippen molar-refractivity contribution in [2.75, 3.05) is 6.61 Å². The van der Waals surface area contributed by atoms with Crippen LogP contribution >= 0.6 is 0 Å². The third-order valence-corrected chi connectivity index (χ3v) is 0.990. The second-order valence-corrected chi connectivity index (χ2v) is 3.24. The van der Waals surface area contributed by atoms with E-state index in [4.69, 9.17) is 4.74 Å². The SMILES string of the molecule is [CH2]CCOC(=O)C(C)(C)C.[I-].[Zn]. The minimum Gasteiger partial charge on any atom is -1.00 e. The molecule has 0 N–H and O–H groups in total. The number of ether oxygens (including phenoxy) is 1. The zero-order valence-corrected chi connectivity index (χ0v) is 13.1. The summed E-state index contributed by atoms with van der Waals surface area (Å²) >= 11 is 0. The molecule has 0 amide bonds. The molecule has 0 aromatic heterocycles. The van der Waals surface area contributed by atoms with Gasteiger partial charge in [0, 0.05) is 19.5 Å². The van der Waals surface area contributed by atoms with Crippen LogP contribution in [0.2, 0.25) is 0 Å². The molecule has 69 valence electrons. The number of halogens is 1. The van der Waals surface area contributed by atoms with Crippen molar-refractivity contribution in [3.8, 4) is 0 Å². The van der Waals surface area contributed by atoms with Gasteiger partial charge in [0.1, 0.15) is 0 Å². The van der Waals surface area contributed by atoms with E-state index >= 15 is 0 Å². The summed E-state index contributed by atoms with van der Waals surface area (Å²) in [5.74, 6) is -0.156. The van der Waals surface area contributed by atoms with Gasteiger partial charge in [-0.25, -0.2) is 0 Å². The van der Waals surface area contributed by atoms with E-state index in [1.165, 1.54) is 0 Å². The Labute approximate surface area is 105 Å². The van der Waals surface area contributed by atoms with E-state index in [2.05, 4.69) is 6.92 Å². The molecule has 0 rings (SSSR count). The molecule has 0 saturated carbocycles. The third-order valence-electron chi connectivity index (χ3n) is 0.990. The summed E-state index contributed by atoms with van der Waals surface area (Å²) in [7, 11) is 0. The van der Waals surface area contributed by atoms with Gasteiger partial charge in [0.2, 0.25) is 0 Å². The van der Waals surface area contributed by atoms with Crippen LogP contribution in [0.3, 0.4) is 0 Å². The quantitative estimate of drug-likeness (QED) is 0.360. The van der Waals surface area contributed by atoms with Crippen LogP contribution in [-0.2, 0) is 29.0 Å². The number of carbonyl (C=O) groups excluding carboxylic acids is 1. The Hall–Kier alpha value is 0.823. The van der Waals surface area contributed by atoms with Crippen molar-refractivity contribution in [2.24, 2.45) is 5.41 Å². The minimum atomic E-state index is -0.380. The largest absolute Gasteiger partial charge is 1.00 e. The van der Waals surface area contributed by atoms with E-state index in [0.29, 0.717) is 13.0 Å². The van der Waals surface area contributed by atoms with Crippen molar-refractivity contribution in [3.05, 3.63) is 6.92 Å². The van der Waals surface area contributed by atoms with Crippen molar-refractivity contribution in [1.82, 2.24) is 0 Å². The fraction of sp³-hybridized carbons (Fsp3) is 0.750. The molecule has 0 spiro atoms. The molecular formula is C8H15IO2Zn-. The maximum atomic E-state index is 11.0. The number of esters is 1. The van der Waals surface area contributed by atoms with Gasteiger partial charge >= 0.3 is 5.97 Å². The summed E-state index contributed by atoms with van der Waals surface area (Å²) < 4.78 is 4.85. The Morgan fingerprint density at radius 2 is 1.83 bits per heavy atom. The van der Waals surface area contributed by atoms with Crippen LogP contribution in [0.15, 0.2) is 0 Å². The Balaban J connectivity index is -0.000000405. The van der Waals surface area contributed by atoms with E-state index < -0.39 is 0 Å². The second-order valence-electron chi connectivity index (χ2n) is 3.24. The molecule has 0 aliphatic carbocycles. The summed E-state index contributed by atoms with van der Waals surface area (Å²) in [4.78, 5) is 11.0. The van der Waals surface area contributed by atoms with Crippen LogP contribution in [-0.4, -0.2) is 12.6 Å². The van der Waals surface area contributed by atoms with Gasteiger partial charge in [0.25, 0.3) is 0 Å². The van der Waals surface area contributed by atoms with Crippen molar-refractivity contribution in [3.63, 3.8) is 0 Å². The molecule has 0 aromatic carbocycles. The summed E-state index contributed by atoms with van der Waals surface area (Å²) in [5.41, 5.74) is -0.380. The van der Waals surface area contributed by atoms with Gasteiger partial charge in [-0.3, -0.25) is 4.79 Å². The van der Waals surface area contributed by atoms with Gasteiger partial charge in [-0.05, 0) is 34.1 Å². The molecule has 0 heterocycles. The van der Waals surface area contributed by atoms with Gasteiger partial charge in [-0.15, -0.1) is 0 Å². The smallest absolute Gasteiger partial charge is 0.311 e. The van der Waals surface area contributed by atoms with E-state index in [1.54, 1.807) is 0 Å². The van der Waals surface area contributed by atoms with E-state index in [0.717, 1.165) is 0 Å². The normalized spacial score (nSPS) is 9.33. The number of carbonyl (C=O) groups is 1. The van der Waals surface area contributed by atoms with Crippen molar-refractivity contribution in [2.45, 2.75) is 27.2 Å².